The van der Waals surface area contributed by atoms with Crippen LogP contribution in [0.15, 0.2) is 29.1 Å². The molecule has 1 N–H and O–H groups in total. The van der Waals surface area contributed by atoms with Gasteiger partial charge in [-0.3, -0.25) is 14.2 Å². The first-order valence-electron chi connectivity index (χ1n) is 8.08. The summed E-state index contributed by atoms with van der Waals surface area (Å²) in [5.41, 5.74) is 0.434. The summed E-state index contributed by atoms with van der Waals surface area (Å²) < 4.78 is 57.3. The van der Waals surface area contributed by atoms with Gasteiger partial charge in [0.15, 0.2) is 17.5 Å². The molecular formula is C17H14BrF4N5O. The van der Waals surface area contributed by atoms with Crippen LogP contribution >= 0.6 is 15.9 Å². The minimum absolute atomic E-state index is 0.144. The van der Waals surface area contributed by atoms with Crippen molar-refractivity contribution >= 4 is 27.5 Å². The summed E-state index contributed by atoms with van der Waals surface area (Å²) in [5.74, 6) is -6.50. The van der Waals surface area contributed by atoms with Crippen LogP contribution in [0, 0.1) is 30.2 Å². The van der Waals surface area contributed by atoms with Crippen LogP contribution in [0.5, 0.6) is 0 Å². The van der Waals surface area contributed by atoms with Gasteiger partial charge in [-0.15, -0.1) is 0 Å². The third-order valence-corrected chi connectivity index (χ3v) is 4.68. The molecule has 1 amide bonds. The van der Waals surface area contributed by atoms with Crippen molar-refractivity contribution in [3.8, 4) is 0 Å². The van der Waals surface area contributed by atoms with Crippen molar-refractivity contribution in [2.75, 3.05) is 5.32 Å². The largest absolute Gasteiger partial charge is 0.323 e. The molecule has 0 atom stereocenters. The number of aromatic nitrogens is 4. The molecule has 11 heteroatoms. The van der Waals surface area contributed by atoms with Gasteiger partial charge in [-0.25, -0.2) is 17.6 Å². The zero-order valence-electron chi connectivity index (χ0n) is 14.5. The monoisotopic (exact) mass is 459 g/mol. The standard InChI is InChI=1S/C17H14BrF4N5O/c1-9-12(18)8-26(25-9)3-2-15(28)24-10-5-23-27(6-10)7-11-13(19)4-14(20)17(22)16(11)21/h4-6,8H,2-3,7H2,1H3,(H,24,28). The topological polar surface area (TPSA) is 64.7 Å². The van der Waals surface area contributed by atoms with Gasteiger partial charge in [0.25, 0.3) is 0 Å². The Bertz CT molecular complexity index is 1010. The van der Waals surface area contributed by atoms with Gasteiger partial charge in [-0.1, -0.05) is 0 Å². The van der Waals surface area contributed by atoms with Crippen molar-refractivity contribution in [1.29, 1.82) is 0 Å². The van der Waals surface area contributed by atoms with Gasteiger partial charge < -0.3 is 5.32 Å². The second kappa shape index (κ2) is 8.13. The Morgan fingerprint density at radius 3 is 2.57 bits per heavy atom. The summed E-state index contributed by atoms with van der Waals surface area (Å²) in [5, 5.41) is 10.7. The lowest BCUT2D eigenvalue weighted by Gasteiger charge is -2.07. The predicted octanol–water partition coefficient (Wildman–Crippen LogP) is 3.78. The molecule has 28 heavy (non-hydrogen) atoms. The van der Waals surface area contributed by atoms with Crippen LogP contribution in [-0.4, -0.2) is 25.5 Å². The number of halogens is 5. The second-order valence-corrected chi connectivity index (χ2v) is 6.85. The van der Waals surface area contributed by atoms with Crippen molar-refractivity contribution in [2.24, 2.45) is 0 Å². The fourth-order valence-corrected chi connectivity index (χ4v) is 2.79. The Morgan fingerprint density at radius 2 is 1.89 bits per heavy atom. The molecule has 6 nitrogen and oxygen atoms in total. The number of anilines is 1. The molecule has 0 aliphatic carbocycles. The van der Waals surface area contributed by atoms with Crippen LogP contribution in [0.4, 0.5) is 23.2 Å². The summed E-state index contributed by atoms with van der Waals surface area (Å²) in [6.45, 7) is 1.72. The summed E-state index contributed by atoms with van der Waals surface area (Å²) in [6.07, 6.45) is 4.51. The van der Waals surface area contributed by atoms with Crippen LogP contribution in [0.3, 0.4) is 0 Å². The van der Waals surface area contributed by atoms with Crippen LogP contribution in [-0.2, 0) is 17.9 Å². The summed E-state index contributed by atoms with van der Waals surface area (Å²) in [6, 6.07) is 0.273. The first kappa shape index (κ1) is 20.1. The van der Waals surface area contributed by atoms with Gasteiger partial charge in [-0.2, -0.15) is 10.2 Å². The zero-order chi connectivity index (χ0) is 20.4. The van der Waals surface area contributed by atoms with Crippen molar-refractivity contribution in [3.05, 3.63) is 63.7 Å². The zero-order valence-corrected chi connectivity index (χ0v) is 16.1. The summed E-state index contributed by atoms with van der Waals surface area (Å²) >= 11 is 3.33. The Morgan fingerprint density at radius 1 is 1.14 bits per heavy atom. The average Bonchev–Trinajstić information content (AvgIpc) is 3.21. The molecule has 0 fully saturated rings. The number of aryl methyl sites for hydroxylation is 2. The van der Waals surface area contributed by atoms with E-state index < -0.39 is 35.4 Å². The van der Waals surface area contributed by atoms with E-state index in [9.17, 15) is 22.4 Å². The Labute approximate surface area is 165 Å². The fraction of sp³-hybridized carbons (Fsp3) is 0.235. The normalized spacial score (nSPS) is 11.1. The molecule has 1 aromatic carbocycles. The maximum atomic E-state index is 13.7. The summed E-state index contributed by atoms with van der Waals surface area (Å²) in [7, 11) is 0. The average molecular weight is 460 g/mol. The van der Waals surface area contributed by atoms with Gasteiger partial charge in [0.2, 0.25) is 5.91 Å². The molecule has 0 aliphatic heterocycles. The Kier molecular flexibility index (Phi) is 5.82. The van der Waals surface area contributed by atoms with Gasteiger partial charge in [0, 0.05) is 37.0 Å². The first-order valence-corrected chi connectivity index (χ1v) is 8.87. The lowest BCUT2D eigenvalue weighted by molar-refractivity contribution is -0.116. The molecule has 0 unspecified atom stereocenters. The highest BCUT2D eigenvalue weighted by molar-refractivity contribution is 9.10. The number of hydrogen-bond donors (Lipinski definition) is 1. The van der Waals surface area contributed by atoms with Crippen molar-refractivity contribution in [1.82, 2.24) is 19.6 Å². The lowest BCUT2D eigenvalue weighted by Crippen LogP contribution is -2.14. The van der Waals surface area contributed by atoms with Gasteiger partial charge in [-0.05, 0) is 22.9 Å². The maximum Gasteiger partial charge on any atom is 0.226 e. The fourth-order valence-electron chi connectivity index (χ4n) is 2.47. The minimum atomic E-state index is -1.75. The summed E-state index contributed by atoms with van der Waals surface area (Å²) in [4.78, 5) is 12.0. The SMILES string of the molecule is Cc1nn(CCC(=O)Nc2cnn(Cc3c(F)cc(F)c(F)c3F)c2)cc1Br. The minimum Gasteiger partial charge on any atom is -0.323 e. The van der Waals surface area contributed by atoms with E-state index in [0.717, 1.165) is 14.8 Å². The lowest BCUT2D eigenvalue weighted by atomic mass is 10.2. The predicted molar refractivity (Wildman–Crippen MR) is 95.5 cm³/mol. The molecule has 2 aromatic heterocycles. The number of carbonyl (C=O) groups excluding carboxylic acids is 1. The first-order chi connectivity index (χ1) is 13.2. The van der Waals surface area contributed by atoms with Crippen LogP contribution in [0.25, 0.3) is 0 Å². The van der Waals surface area contributed by atoms with Crippen LogP contribution in [0.1, 0.15) is 17.7 Å². The molecule has 0 radical (unpaired) electrons. The highest BCUT2D eigenvalue weighted by atomic mass is 79.9. The van der Waals surface area contributed by atoms with E-state index in [0.29, 0.717) is 12.2 Å². The molecule has 2 heterocycles. The van der Waals surface area contributed by atoms with E-state index in [1.165, 1.54) is 12.4 Å². The number of nitrogens with one attached hydrogen (secondary N) is 1. The van der Waals surface area contributed by atoms with Crippen molar-refractivity contribution < 1.29 is 22.4 Å². The number of carbonyl (C=O) groups is 1. The number of hydrogen-bond acceptors (Lipinski definition) is 3. The van der Waals surface area contributed by atoms with Gasteiger partial charge in [0.1, 0.15) is 5.82 Å². The van der Waals surface area contributed by atoms with E-state index >= 15 is 0 Å². The number of benzene rings is 1. The molecule has 3 rings (SSSR count). The smallest absolute Gasteiger partial charge is 0.226 e. The molecule has 0 spiro atoms. The third kappa shape index (κ3) is 4.41. The number of rotatable bonds is 6. The van der Waals surface area contributed by atoms with E-state index in [1.54, 1.807) is 10.9 Å². The molecule has 0 saturated carbocycles. The Balaban J connectivity index is 1.61. The van der Waals surface area contributed by atoms with E-state index in [1.807, 2.05) is 6.92 Å². The third-order valence-electron chi connectivity index (χ3n) is 3.90. The van der Waals surface area contributed by atoms with E-state index in [-0.39, 0.29) is 18.4 Å². The van der Waals surface area contributed by atoms with E-state index in [2.05, 4.69) is 31.4 Å². The number of amides is 1. The highest BCUT2D eigenvalue weighted by Crippen LogP contribution is 2.20. The molecule has 0 aliphatic rings. The van der Waals surface area contributed by atoms with Crippen molar-refractivity contribution in [3.63, 3.8) is 0 Å². The molecule has 148 valence electrons. The highest BCUT2D eigenvalue weighted by Gasteiger charge is 2.19. The Hall–Kier alpha value is -2.69. The molecular weight excluding hydrogens is 446 g/mol. The van der Waals surface area contributed by atoms with Crippen LogP contribution in [0.2, 0.25) is 0 Å². The number of nitrogens with zero attached hydrogens (tertiary/aromatic N) is 4. The quantitative estimate of drug-likeness (QED) is 0.346. The van der Waals surface area contributed by atoms with Crippen molar-refractivity contribution in [2.45, 2.75) is 26.4 Å². The molecule has 0 bridgehead atoms. The molecule has 0 saturated heterocycles. The van der Waals surface area contributed by atoms with E-state index in [4.69, 9.17) is 0 Å². The second-order valence-electron chi connectivity index (χ2n) is 6.00. The molecule has 3 aromatic rings. The maximum absolute atomic E-state index is 13.7. The van der Waals surface area contributed by atoms with Crippen LogP contribution < -0.4 is 5.32 Å². The van der Waals surface area contributed by atoms with Gasteiger partial charge in [0.05, 0.1) is 28.6 Å². The van der Waals surface area contributed by atoms with Gasteiger partial charge >= 0.3 is 0 Å².